The summed E-state index contributed by atoms with van der Waals surface area (Å²) in [7, 11) is 0. The molecule has 0 saturated carbocycles. The topological polar surface area (TPSA) is 50.7 Å². The average molecular weight is 378 g/mol. The Hall–Kier alpha value is -1.59. The second-order valence-electron chi connectivity index (χ2n) is 6.55. The predicted octanol–water partition coefficient (Wildman–Crippen LogP) is 3.71. The highest BCUT2D eigenvalue weighted by atomic mass is 35.5. The highest BCUT2D eigenvalue weighted by Crippen LogP contribution is 2.36. The van der Waals surface area contributed by atoms with Gasteiger partial charge < -0.3 is 19.9 Å². The summed E-state index contributed by atoms with van der Waals surface area (Å²) >= 11 is 0. The molecule has 1 aliphatic heterocycles. The molecule has 2 atom stereocenters. The van der Waals surface area contributed by atoms with Crippen LogP contribution in [0.1, 0.15) is 30.9 Å². The van der Waals surface area contributed by atoms with Gasteiger partial charge in [0, 0.05) is 13.0 Å². The molecule has 142 valence electrons. The molecular formula is C21H28ClNO3. The van der Waals surface area contributed by atoms with Crippen molar-refractivity contribution in [3.05, 3.63) is 65.7 Å². The quantitative estimate of drug-likeness (QED) is 0.688. The second kappa shape index (κ2) is 9.93. The zero-order chi connectivity index (χ0) is 17.5. The Kier molecular flexibility index (Phi) is 7.91. The monoisotopic (exact) mass is 377 g/mol. The molecule has 0 amide bonds. The maximum Gasteiger partial charge on any atom is 0.226 e. The number of aryl methyl sites for hydroxylation is 1. The first kappa shape index (κ1) is 20.7. The molecule has 0 saturated heterocycles. The van der Waals surface area contributed by atoms with Gasteiger partial charge in [0.1, 0.15) is 5.75 Å². The minimum Gasteiger partial charge on any atom is -0.460 e. The lowest BCUT2D eigenvalue weighted by Crippen LogP contribution is -2.56. The summed E-state index contributed by atoms with van der Waals surface area (Å²) in [6.45, 7) is 3.52. The highest BCUT2D eigenvalue weighted by Gasteiger charge is 2.42. The molecule has 4 nitrogen and oxygen atoms in total. The lowest BCUT2D eigenvalue weighted by atomic mass is 9.94. The van der Waals surface area contributed by atoms with Gasteiger partial charge >= 0.3 is 0 Å². The van der Waals surface area contributed by atoms with Crippen molar-refractivity contribution in [2.75, 3.05) is 13.2 Å². The molecule has 2 aromatic rings. The van der Waals surface area contributed by atoms with Crippen LogP contribution in [0.2, 0.25) is 0 Å². The molecule has 1 aliphatic rings. The van der Waals surface area contributed by atoms with Crippen LogP contribution in [-0.4, -0.2) is 30.1 Å². The van der Waals surface area contributed by atoms with Crippen LogP contribution >= 0.6 is 12.4 Å². The largest absolute Gasteiger partial charge is 0.460 e. The van der Waals surface area contributed by atoms with Gasteiger partial charge in [-0.25, -0.2) is 0 Å². The van der Waals surface area contributed by atoms with E-state index in [9.17, 15) is 0 Å². The molecule has 0 bridgehead atoms. The molecule has 1 heterocycles. The van der Waals surface area contributed by atoms with Gasteiger partial charge in [-0.3, -0.25) is 0 Å². The maximum atomic E-state index is 9.03. The third-order valence-electron chi connectivity index (χ3n) is 4.77. The van der Waals surface area contributed by atoms with E-state index < -0.39 is 5.79 Å². The van der Waals surface area contributed by atoms with Crippen molar-refractivity contribution in [1.29, 1.82) is 0 Å². The lowest BCUT2D eigenvalue weighted by Gasteiger charge is -2.42. The first-order valence-electron chi connectivity index (χ1n) is 9.02. The van der Waals surface area contributed by atoms with Crippen molar-refractivity contribution in [1.82, 2.24) is 5.32 Å². The van der Waals surface area contributed by atoms with E-state index in [1.54, 1.807) is 0 Å². The number of nitrogens with one attached hydrogen (secondary N) is 1. The van der Waals surface area contributed by atoms with Gasteiger partial charge in [-0.15, -0.1) is 12.4 Å². The van der Waals surface area contributed by atoms with Crippen LogP contribution in [0.3, 0.4) is 0 Å². The molecule has 26 heavy (non-hydrogen) atoms. The molecule has 2 aromatic carbocycles. The van der Waals surface area contributed by atoms with Crippen LogP contribution in [-0.2, 0) is 17.8 Å². The number of para-hydroxylation sites is 1. The fourth-order valence-electron chi connectivity index (χ4n) is 3.22. The Morgan fingerprint density at radius 3 is 2.65 bits per heavy atom. The van der Waals surface area contributed by atoms with E-state index in [1.165, 1.54) is 5.56 Å². The van der Waals surface area contributed by atoms with Crippen molar-refractivity contribution in [3.8, 4) is 5.75 Å². The number of aliphatic hydroxyl groups is 1. The van der Waals surface area contributed by atoms with Crippen LogP contribution in [0.4, 0.5) is 0 Å². The smallest absolute Gasteiger partial charge is 0.226 e. The van der Waals surface area contributed by atoms with Gasteiger partial charge in [0.05, 0.1) is 12.6 Å². The molecule has 0 aliphatic carbocycles. The SMILES string of the molecule is CC(NCCCO)C1(OCc2ccccc2)CCc2ccccc2O1.Cl. The van der Waals surface area contributed by atoms with Gasteiger partial charge in [0.2, 0.25) is 5.79 Å². The van der Waals surface area contributed by atoms with Crippen molar-refractivity contribution < 1.29 is 14.6 Å². The summed E-state index contributed by atoms with van der Waals surface area (Å²) in [5.41, 5.74) is 2.36. The predicted molar refractivity (Wildman–Crippen MR) is 106 cm³/mol. The Labute approximate surface area is 161 Å². The third kappa shape index (κ3) is 4.98. The summed E-state index contributed by atoms with van der Waals surface area (Å²) in [6, 6.07) is 18.3. The fourth-order valence-corrected chi connectivity index (χ4v) is 3.22. The molecule has 0 fully saturated rings. The van der Waals surface area contributed by atoms with E-state index in [1.807, 2.05) is 36.4 Å². The van der Waals surface area contributed by atoms with Crippen molar-refractivity contribution in [3.63, 3.8) is 0 Å². The number of hydrogen-bond acceptors (Lipinski definition) is 4. The molecule has 3 rings (SSSR count). The number of rotatable bonds is 8. The van der Waals surface area contributed by atoms with Crippen LogP contribution in [0, 0.1) is 0 Å². The first-order valence-corrected chi connectivity index (χ1v) is 9.02. The van der Waals surface area contributed by atoms with Crippen LogP contribution in [0.25, 0.3) is 0 Å². The number of aliphatic hydroxyl groups excluding tert-OH is 1. The minimum absolute atomic E-state index is 0. The lowest BCUT2D eigenvalue weighted by molar-refractivity contribution is -0.217. The zero-order valence-corrected chi connectivity index (χ0v) is 16.0. The number of hydrogen-bond donors (Lipinski definition) is 2. The third-order valence-corrected chi connectivity index (χ3v) is 4.77. The molecule has 0 aromatic heterocycles. The van der Waals surface area contributed by atoms with E-state index in [4.69, 9.17) is 14.6 Å². The van der Waals surface area contributed by atoms with Crippen LogP contribution in [0.5, 0.6) is 5.75 Å². The molecule has 5 heteroatoms. The van der Waals surface area contributed by atoms with Gasteiger partial charge in [-0.2, -0.15) is 0 Å². The second-order valence-corrected chi connectivity index (χ2v) is 6.55. The summed E-state index contributed by atoms with van der Waals surface area (Å²) in [6.07, 6.45) is 2.44. The van der Waals surface area contributed by atoms with Gasteiger partial charge in [0.25, 0.3) is 0 Å². The Bertz CT molecular complexity index is 667. The summed E-state index contributed by atoms with van der Waals surface area (Å²) in [4.78, 5) is 0. The summed E-state index contributed by atoms with van der Waals surface area (Å²) < 4.78 is 12.7. The zero-order valence-electron chi connectivity index (χ0n) is 15.2. The van der Waals surface area contributed by atoms with E-state index in [0.29, 0.717) is 6.61 Å². The van der Waals surface area contributed by atoms with E-state index >= 15 is 0 Å². The fraction of sp³-hybridized carbons (Fsp3) is 0.429. The van der Waals surface area contributed by atoms with Gasteiger partial charge in [0.15, 0.2) is 0 Å². The molecule has 0 spiro atoms. The molecule has 0 radical (unpaired) electrons. The summed E-state index contributed by atoms with van der Waals surface area (Å²) in [5, 5.41) is 12.5. The Morgan fingerprint density at radius 2 is 1.88 bits per heavy atom. The normalized spacial score (nSPS) is 19.8. The summed E-state index contributed by atoms with van der Waals surface area (Å²) in [5.74, 6) is 0.192. The van der Waals surface area contributed by atoms with Gasteiger partial charge in [-0.1, -0.05) is 48.5 Å². The van der Waals surface area contributed by atoms with Crippen molar-refractivity contribution in [2.45, 2.75) is 44.6 Å². The van der Waals surface area contributed by atoms with Crippen LogP contribution in [0.15, 0.2) is 54.6 Å². The van der Waals surface area contributed by atoms with Crippen molar-refractivity contribution >= 4 is 12.4 Å². The first-order chi connectivity index (χ1) is 12.2. The molecule has 2 N–H and O–H groups in total. The molecular weight excluding hydrogens is 350 g/mol. The van der Waals surface area contributed by atoms with E-state index in [2.05, 4.69) is 30.4 Å². The average Bonchev–Trinajstić information content (AvgIpc) is 2.67. The van der Waals surface area contributed by atoms with Crippen LogP contribution < -0.4 is 10.1 Å². The maximum absolute atomic E-state index is 9.03. The van der Waals surface area contributed by atoms with Gasteiger partial charge in [-0.05, 0) is 43.5 Å². The highest BCUT2D eigenvalue weighted by molar-refractivity contribution is 5.85. The Morgan fingerprint density at radius 1 is 1.15 bits per heavy atom. The number of fused-ring (bicyclic) bond motifs is 1. The van der Waals surface area contributed by atoms with Crippen molar-refractivity contribution in [2.24, 2.45) is 0 Å². The van der Waals surface area contributed by atoms with E-state index in [-0.39, 0.29) is 25.1 Å². The molecule has 2 unspecified atom stereocenters. The number of benzene rings is 2. The number of halogens is 1. The minimum atomic E-state index is -0.709. The Balaban J connectivity index is 0.00000243. The van der Waals surface area contributed by atoms with E-state index in [0.717, 1.165) is 37.1 Å². The standard InChI is InChI=1S/C21H27NO3.ClH/c1-17(22-14-7-15-23)21(24-16-18-8-3-2-4-9-18)13-12-19-10-5-6-11-20(19)25-21;/h2-6,8-11,17,22-23H,7,12-16H2,1H3;1H. The number of ether oxygens (including phenoxy) is 2.